The first-order valence-corrected chi connectivity index (χ1v) is 7.76. The van der Waals surface area contributed by atoms with Crippen molar-refractivity contribution >= 4 is 17.7 Å². The fraction of sp³-hybridized carbons (Fsp3) is 0.667. The lowest BCUT2D eigenvalue weighted by Crippen LogP contribution is -2.44. The van der Waals surface area contributed by atoms with Crippen molar-refractivity contribution in [3.05, 3.63) is 17.0 Å². The molecule has 2 rings (SSSR count). The van der Waals surface area contributed by atoms with Crippen molar-refractivity contribution < 1.29 is 14.3 Å². The van der Waals surface area contributed by atoms with E-state index in [1.807, 2.05) is 27.7 Å². The van der Waals surface area contributed by atoms with Crippen LogP contribution in [0, 0.1) is 6.92 Å². The smallest absolute Gasteiger partial charge is 0.410 e. The van der Waals surface area contributed by atoms with E-state index in [4.69, 9.17) is 21.1 Å². The van der Waals surface area contributed by atoms with Gasteiger partial charge in [-0.3, -0.25) is 4.98 Å². The summed E-state index contributed by atoms with van der Waals surface area (Å²) in [4.78, 5) is 22.0. The monoisotopic (exact) mass is 327 g/mol. The Morgan fingerprint density at radius 2 is 2.00 bits per heavy atom. The third-order valence-corrected chi connectivity index (χ3v) is 3.44. The van der Waals surface area contributed by atoms with Crippen LogP contribution < -0.4 is 4.74 Å². The number of aryl methyl sites for hydroxylation is 1. The molecular weight excluding hydrogens is 306 g/mol. The molecule has 0 unspecified atom stereocenters. The highest BCUT2D eigenvalue weighted by Gasteiger charge is 2.28. The van der Waals surface area contributed by atoms with Gasteiger partial charge in [-0.25, -0.2) is 4.79 Å². The molecule has 0 radical (unpaired) electrons. The molecule has 0 N–H and O–H groups in total. The predicted octanol–water partition coefficient (Wildman–Crippen LogP) is 3.22. The summed E-state index contributed by atoms with van der Waals surface area (Å²) in [6.07, 6.45) is 2.68. The van der Waals surface area contributed by atoms with E-state index in [2.05, 4.69) is 9.97 Å². The molecular formula is C15H22ClN3O3. The quantitative estimate of drug-likeness (QED) is 0.834. The minimum absolute atomic E-state index is 0.00477. The average molecular weight is 328 g/mol. The third-order valence-electron chi connectivity index (χ3n) is 3.25. The van der Waals surface area contributed by atoms with E-state index in [1.165, 1.54) is 6.20 Å². The van der Waals surface area contributed by atoms with Gasteiger partial charge in [-0.15, -0.1) is 0 Å². The number of hydrogen-bond donors (Lipinski definition) is 0. The number of carbonyl (C=O) groups excluding carboxylic acids is 1. The van der Waals surface area contributed by atoms with Crippen LogP contribution >= 0.6 is 11.6 Å². The highest BCUT2D eigenvalue weighted by molar-refractivity contribution is 6.29. The summed E-state index contributed by atoms with van der Waals surface area (Å²) in [7, 11) is 0. The minimum Gasteiger partial charge on any atom is -0.473 e. The molecule has 6 nitrogen and oxygen atoms in total. The average Bonchev–Trinajstić information content (AvgIpc) is 2.42. The SMILES string of the molecule is Cc1ncc(Cl)nc1OC1CCN(C(=O)OC(C)(C)C)CC1. The Balaban J connectivity index is 1.87. The van der Waals surface area contributed by atoms with Gasteiger partial charge in [0.2, 0.25) is 5.88 Å². The van der Waals surface area contributed by atoms with Crippen LogP contribution in [-0.2, 0) is 4.74 Å². The van der Waals surface area contributed by atoms with Crippen LogP contribution in [0.5, 0.6) is 5.88 Å². The first-order chi connectivity index (χ1) is 10.2. The molecule has 122 valence electrons. The van der Waals surface area contributed by atoms with Crippen LogP contribution in [0.4, 0.5) is 4.79 Å². The van der Waals surface area contributed by atoms with Crippen molar-refractivity contribution in [2.75, 3.05) is 13.1 Å². The third kappa shape index (κ3) is 4.73. The molecule has 1 aromatic rings. The highest BCUT2D eigenvalue weighted by atomic mass is 35.5. The van der Waals surface area contributed by atoms with E-state index in [9.17, 15) is 4.79 Å². The van der Waals surface area contributed by atoms with Gasteiger partial charge in [0, 0.05) is 25.9 Å². The zero-order valence-electron chi connectivity index (χ0n) is 13.4. The van der Waals surface area contributed by atoms with E-state index in [-0.39, 0.29) is 12.2 Å². The molecule has 0 aromatic carbocycles. The number of aromatic nitrogens is 2. The molecule has 1 aromatic heterocycles. The predicted molar refractivity (Wildman–Crippen MR) is 83.2 cm³/mol. The summed E-state index contributed by atoms with van der Waals surface area (Å²) in [5, 5.41) is 0.312. The highest BCUT2D eigenvalue weighted by Crippen LogP contribution is 2.22. The number of halogens is 1. The lowest BCUT2D eigenvalue weighted by Gasteiger charge is -2.33. The van der Waals surface area contributed by atoms with Crippen LogP contribution in [0.15, 0.2) is 6.20 Å². The Labute approximate surface area is 135 Å². The summed E-state index contributed by atoms with van der Waals surface area (Å²) in [5.41, 5.74) is 0.233. The summed E-state index contributed by atoms with van der Waals surface area (Å²) >= 11 is 5.84. The van der Waals surface area contributed by atoms with Gasteiger partial charge in [0.25, 0.3) is 0 Å². The number of ether oxygens (including phenoxy) is 2. The number of amides is 1. The molecule has 0 saturated carbocycles. The molecule has 1 aliphatic heterocycles. The van der Waals surface area contributed by atoms with Gasteiger partial charge in [-0.1, -0.05) is 11.6 Å². The zero-order chi connectivity index (χ0) is 16.3. The molecule has 1 saturated heterocycles. The van der Waals surface area contributed by atoms with E-state index >= 15 is 0 Å². The summed E-state index contributed by atoms with van der Waals surface area (Å²) < 4.78 is 11.2. The molecule has 2 heterocycles. The van der Waals surface area contributed by atoms with E-state index in [1.54, 1.807) is 4.90 Å². The maximum absolute atomic E-state index is 12.0. The first kappa shape index (κ1) is 16.8. The second-order valence-corrected chi connectivity index (χ2v) is 6.76. The summed E-state index contributed by atoms with van der Waals surface area (Å²) in [6.45, 7) is 8.62. The lowest BCUT2D eigenvalue weighted by atomic mass is 10.1. The van der Waals surface area contributed by atoms with Crippen molar-refractivity contribution in [3.8, 4) is 5.88 Å². The Hall–Kier alpha value is -1.56. The number of carbonyl (C=O) groups is 1. The fourth-order valence-corrected chi connectivity index (χ4v) is 2.29. The van der Waals surface area contributed by atoms with Gasteiger partial charge in [-0.05, 0) is 27.7 Å². The molecule has 7 heteroatoms. The molecule has 1 fully saturated rings. The van der Waals surface area contributed by atoms with E-state index in [0.717, 1.165) is 12.8 Å². The van der Waals surface area contributed by atoms with Crippen LogP contribution in [0.1, 0.15) is 39.3 Å². The number of rotatable bonds is 2. The van der Waals surface area contributed by atoms with Gasteiger partial charge in [-0.2, -0.15) is 4.98 Å². The van der Waals surface area contributed by atoms with Crippen LogP contribution in [-0.4, -0.2) is 45.8 Å². The molecule has 1 amide bonds. The van der Waals surface area contributed by atoms with Crippen molar-refractivity contribution in [3.63, 3.8) is 0 Å². The van der Waals surface area contributed by atoms with Crippen molar-refractivity contribution in [2.45, 2.75) is 52.2 Å². The maximum Gasteiger partial charge on any atom is 0.410 e. The molecule has 22 heavy (non-hydrogen) atoms. The minimum atomic E-state index is -0.474. The molecule has 0 aliphatic carbocycles. The maximum atomic E-state index is 12.0. The zero-order valence-corrected chi connectivity index (χ0v) is 14.2. The lowest BCUT2D eigenvalue weighted by molar-refractivity contribution is 0.0122. The van der Waals surface area contributed by atoms with Crippen molar-refractivity contribution in [1.29, 1.82) is 0 Å². The Kier molecular flexibility index (Phi) is 5.11. The van der Waals surface area contributed by atoms with Gasteiger partial charge >= 0.3 is 6.09 Å². The first-order valence-electron chi connectivity index (χ1n) is 7.38. The number of piperidine rings is 1. The van der Waals surface area contributed by atoms with Crippen molar-refractivity contribution in [1.82, 2.24) is 14.9 Å². The van der Waals surface area contributed by atoms with Gasteiger partial charge < -0.3 is 14.4 Å². The summed E-state index contributed by atoms with van der Waals surface area (Å²) in [5.74, 6) is 0.461. The topological polar surface area (TPSA) is 64.6 Å². The largest absolute Gasteiger partial charge is 0.473 e. The van der Waals surface area contributed by atoms with E-state index in [0.29, 0.717) is 29.8 Å². The van der Waals surface area contributed by atoms with Gasteiger partial charge in [0.1, 0.15) is 11.7 Å². The molecule has 0 bridgehead atoms. The van der Waals surface area contributed by atoms with Crippen LogP contribution in [0.3, 0.4) is 0 Å². The Morgan fingerprint density at radius 3 is 2.59 bits per heavy atom. The van der Waals surface area contributed by atoms with Crippen LogP contribution in [0.2, 0.25) is 5.15 Å². The standard InChI is InChI=1S/C15H22ClN3O3/c1-10-13(18-12(16)9-17-10)21-11-5-7-19(8-6-11)14(20)22-15(2,3)4/h9,11H,5-8H2,1-4H3. The fourth-order valence-electron chi connectivity index (χ4n) is 2.16. The Morgan fingerprint density at radius 1 is 1.36 bits per heavy atom. The van der Waals surface area contributed by atoms with Crippen molar-refractivity contribution in [2.24, 2.45) is 0 Å². The molecule has 0 atom stereocenters. The molecule has 0 spiro atoms. The number of nitrogens with zero attached hydrogens (tertiary/aromatic N) is 3. The summed E-state index contributed by atoms with van der Waals surface area (Å²) in [6, 6.07) is 0. The Bertz CT molecular complexity index is 537. The van der Waals surface area contributed by atoms with E-state index < -0.39 is 5.60 Å². The molecule has 1 aliphatic rings. The second-order valence-electron chi connectivity index (χ2n) is 6.37. The normalized spacial score (nSPS) is 16.5. The van der Waals surface area contributed by atoms with Gasteiger partial charge in [0.15, 0.2) is 5.15 Å². The van der Waals surface area contributed by atoms with Crippen LogP contribution in [0.25, 0.3) is 0 Å². The number of hydrogen-bond acceptors (Lipinski definition) is 5. The second kappa shape index (κ2) is 6.69. The number of likely N-dealkylation sites (tertiary alicyclic amines) is 1. The van der Waals surface area contributed by atoms with Gasteiger partial charge in [0.05, 0.1) is 11.9 Å².